The molecule has 0 N–H and O–H groups in total. The minimum absolute atomic E-state index is 0.212. The van der Waals surface area contributed by atoms with Crippen LogP contribution in [-0.4, -0.2) is 36.6 Å². The van der Waals surface area contributed by atoms with Gasteiger partial charge in [0.2, 0.25) is 5.91 Å². The zero-order valence-electron chi connectivity index (χ0n) is 7.40. The van der Waals surface area contributed by atoms with Crippen molar-refractivity contribution < 1.29 is 9.53 Å². The lowest BCUT2D eigenvalue weighted by atomic mass is 10.2. The van der Waals surface area contributed by atoms with Crippen LogP contribution < -0.4 is 0 Å². The van der Waals surface area contributed by atoms with Crippen LogP contribution in [-0.2, 0) is 9.53 Å². The summed E-state index contributed by atoms with van der Waals surface area (Å²) in [7, 11) is 0. The first-order valence-electron chi connectivity index (χ1n) is 4.61. The lowest BCUT2D eigenvalue weighted by Crippen LogP contribution is -2.45. The second-order valence-corrected chi connectivity index (χ2v) is 3.55. The van der Waals surface area contributed by atoms with E-state index in [1.54, 1.807) is 4.90 Å². The van der Waals surface area contributed by atoms with Crippen molar-refractivity contribution in [3.8, 4) is 6.07 Å². The molecular formula is C9H12N2O2. The van der Waals surface area contributed by atoms with Crippen molar-refractivity contribution in [1.29, 1.82) is 5.26 Å². The monoisotopic (exact) mass is 180 g/mol. The first-order chi connectivity index (χ1) is 6.31. The van der Waals surface area contributed by atoms with Gasteiger partial charge in [-0.15, -0.1) is 0 Å². The van der Waals surface area contributed by atoms with Gasteiger partial charge in [0.1, 0.15) is 0 Å². The third kappa shape index (κ3) is 1.81. The Bertz CT molecular complexity index is 255. The van der Waals surface area contributed by atoms with Crippen molar-refractivity contribution in [2.45, 2.75) is 18.9 Å². The molecule has 0 aromatic rings. The second kappa shape index (κ2) is 3.35. The van der Waals surface area contributed by atoms with Gasteiger partial charge in [-0.2, -0.15) is 5.26 Å². The standard InChI is InChI=1S/C9H12N2O2/c10-5-8-6-11(3-4-13-8)9(12)7-1-2-7/h7-8H,1-4,6H2. The Hall–Kier alpha value is -1.08. The van der Waals surface area contributed by atoms with Crippen LogP contribution in [0.3, 0.4) is 0 Å². The molecule has 2 fully saturated rings. The summed E-state index contributed by atoms with van der Waals surface area (Å²) < 4.78 is 5.15. The van der Waals surface area contributed by atoms with E-state index in [4.69, 9.17) is 10.00 Å². The summed E-state index contributed by atoms with van der Waals surface area (Å²) >= 11 is 0. The van der Waals surface area contributed by atoms with Gasteiger partial charge >= 0.3 is 0 Å². The Morgan fingerprint density at radius 2 is 2.31 bits per heavy atom. The fourth-order valence-corrected chi connectivity index (χ4v) is 1.52. The van der Waals surface area contributed by atoms with Gasteiger partial charge in [0, 0.05) is 12.5 Å². The zero-order valence-corrected chi connectivity index (χ0v) is 7.40. The van der Waals surface area contributed by atoms with Crippen molar-refractivity contribution in [2.75, 3.05) is 19.7 Å². The molecule has 1 saturated heterocycles. The van der Waals surface area contributed by atoms with Gasteiger partial charge in [0.05, 0.1) is 19.2 Å². The van der Waals surface area contributed by atoms with Crippen molar-refractivity contribution in [3.05, 3.63) is 0 Å². The summed E-state index contributed by atoms with van der Waals surface area (Å²) in [6, 6.07) is 2.03. The van der Waals surface area contributed by atoms with Crippen molar-refractivity contribution >= 4 is 5.91 Å². The molecule has 0 radical (unpaired) electrons. The van der Waals surface area contributed by atoms with Crippen LogP contribution in [0.4, 0.5) is 0 Å². The van der Waals surface area contributed by atoms with Gasteiger partial charge in [-0.05, 0) is 12.8 Å². The number of morpholine rings is 1. The molecule has 1 aliphatic heterocycles. The van der Waals surface area contributed by atoms with Gasteiger partial charge in [0.25, 0.3) is 0 Å². The number of carbonyl (C=O) groups is 1. The average molecular weight is 180 g/mol. The van der Waals surface area contributed by atoms with Gasteiger partial charge in [-0.3, -0.25) is 4.79 Å². The fourth-order valence-electron chi connectivity index (χ4n) is 1.52. The molecule has 1 saturated carbocycles. The summed E-state index contributed by atoms with van der Waals surface area (Å²) in [5.74, 6) is 0.459. The molecule has 70 valence electrons. The summed E-state index contributed by atoms with van der Waals surface area (Å²) in [6.07, 6.45) is 1.62. The summed E-state index contributed by atoms with van der Waals surface area (Å²) in [4.78, 5) is 13.3. The van der Waals surface area contributed by atoms with Crippen LogP contribution in [0, 0.1) is 17.2 Å². The van der Waals surface area contributed by atoms with Crippen molar-refractivity contribution in [3.63, 3.8) is 0 Å². The Labute approximate surface area is 77.1 Å². The molecule has 4 heteroatoms. The highest BCUT2D eigenvalue weighted by molar-refractivity contribution is 5.81. The van der Waals surface area contributed by atoms with E-state index in [0.29, 0.717) is 19.7 Å². The maximum Gasteiger partial charge on any atom is 0.225 e. The third-order valence-corrected chi connectivity index (χ3v) is 2.45. The predicted octanol–water partition coefficient (Wildman–Crippen LogP) is 0.147. The van der Waals surface area contributed by atoms with Crippen molar-refractivity contribution in [2.24, 2.45) is 5.92 Å². The molecule has 1 atom stereocenters. The molecule has 1 heterocycles. The van der Waals surface area contributed by atoms with Crippen LogP contribution in [0.5, 0.6) is 0 Å². The number of carbonyl (C=O) groups excluding carboxylic acids is 1. The fraction of sp³-hybridized carbons (Fsp3) is 0.778. The number of nitrogens with zero attached hydrogens (tertiary/aromatic N) is 2. The van der Waals surface area contributed by atoms with Gasteiger partial charge in [-0.25, -0.2) is 0 Å². The summed E-state index contributed by atoms with van der Waals surface area (Å²) in [5.41, 5.74) is 0. The predicted molar refractivity (Wildman–Crippen MR) is 44.7 cm³/mol. The molecule has 0 aromatic carbocycles. The normalized spacial score (nSPS) is 28.2. The Balaban J connectivity index is 1.91. The largest absolute Gasteiger partial charge is 0.360 e. The molecule has 2 rings (SSSR count). The van der Waals surface area contributed by atoms with Crippen LogP contribution in [0.1, 0.15) is 12.8 Å². The first kappa shape index (κ1) is 8.52. The lowest BCUT2D eigenvalue weighted by molar-refractivity contribution is -0.138. The molecule has 2 aliphatic rings. The Kier molecular flexibility index (Phi) is 2.19. The van der Waals surface area contributed by atoms with E-state index in [0.717, 1.165) is 12.8 Å². The molecule has 4 nitrogen and oxygen atoms in total. The van der Waals surface area contributed by atoms with Crippen LogP contribution in [0.25, 0.3) is 0 Å². The molecule has 1 unspecified atom stereocenters. The number of ether oxygens (including phenoxy) is 1. The minimum atomic E-state index is -0.420. The quantitative estimate of drug-likeness (QED) is 0.577. The molecule has 0 aromatic heterocycles. The molecule has 0 spiro atoms. The van der Waals surface area contributed by atoms with Crippen molar-refractivity contribution in [1.82, 2.24) is 4.90 Å². The van der Waals surface area contributed by atoms with Gasteiger partial charge in [-0.1, -0.05) is 0 Å². The zero-order chi connectivity index (χ0) is 9.26. The Morgan fingerprint density at radius 3 is 2.92 bits per heavy atom. The van der Waals surface area contributed by atoms with E-state index in [9.17, 15) is 4.79 Å². The minimum Gasteiger partial charge on any atom is -0.360 e. The third-order valence-electron chi connectivity index (χ3n) is 2.45. The number of hydrogen-bond acceptors (Lipinski definition) is 3. The summed E-state index contributed by atoms with van der Waals surface area (Å²) in [6.45, 7) is 1.59. The molecule has 0 bridgehead atoms. The second-order valence-electron chi connectivity index (χ2n) is 3.55. The summed E-state index contributed by atoms with van der Waals surface area (Å²) in [5, 5.41) is 8.63. The van der Waals surface area contributed by atoms with E-state index < -0.39 is 6.10 Å². The van der Waals surface area contributed by atoms with E-state index >= 15 is 0 Å². The first-order valence-corrected chi connectivity index (χ1v) is 4.61. The SMILES string of the molecule is N#CC1CN(C(=O)C2CC2)CCO1. The van der Waals surface area contributed by atoms with E-state index in [2.05, 4.69) is 0 Å². The van der Waals surface area contributed by atoms with E-state index in [-0.39, 0.29) is 11.8 Å². The van der Waals surface area contributed by atoms with E-state index in [1.165, 1.54) is 0 Å². The number of amides is 1. The highest BCUT2D eigenvalue weighted by Crippen LogP contribution is 2.31. The van der Waals surface area contributed by atoms with Crippen LogP contribution in [0.2, 0.25) is 0 Å². The van der Waals surface area contributed by atoms with Gasteiger partial charge in [0.15, 0.2) is 6.10 Å². The lowest BCUT2D eigenvalue weighted by Gasteiger charge is -2.29. The molecule has 1 amide bonds. The maximum absolute atomic E-state index is 11.6. The molecular weight excluding hydrogens is 168 g/mol. The maximum atomic E-state index is 11.6. The van der Waals surface area contributed by atoms with E-state index in [1.807, 2.05) is 6.07 Å². The number of nitriles is 1. The Morgan fingerprint density at radius 1 is 1.54 bits per heavy atom. The smallest absolute Gasteiger partial charge is 0.225 e. The van der Waals surface area contributed by atoms with Crippen LogP contribution in [0.15, 0.2) is 0 Å². The average Bonchev–Trinajstić information content (AvgIpc) is 3.00. The molecule has 13 heavy (non-hydrogen) atoms. The number of rotatable bonds is 1. The van der Waals surface area contributed by atoms with Crippen LogP contribution >= 0.6 is 0 Å². The molecule has 1 aliphatic carbocycles. The topological polar surface area (TPSA) is 53.3 Å². The number of hydrogen-bond donors (Lipinski definition) is 0. The highest BCUT2D eigenvalue weighted by atomic mass is 16.5. The highest BCUT2D eigenvalue weighted by Gasteiger charge is 2.35. The van der Waals surface area contributed by atoms with Gasteiger partial charge < -0.3 is 9.64 Å².